The lowest BCUT2D eigenvalue weighted by Crippen LogP contribution is -2.11. The van der Waals surface area contributed by atoms with Crippen LogP contribution in [0.1, 0.15) is 5.56 Å². The van der Waals surface area contributed by atoms with E-state index in [0.717, 1.165) is 11.3 Å². The molecule has 7 nitrogen and oxygen atoms in total. The molecular formula is C11H10N6O. The highest BCUT2D eigenvalue weighted by Gasteiger charge is 2.10. The Morgan fingerprint density at radius 3 is 2.67 bits per heavy atom. The minimum Gasteiger partial charge on any atom is -0.369 e. The molecule has 0 atom stereocenters. The lowest BCUT2D eigenvalue weighted by molar-refractivity contribution is 0.762. The van der Waals surface area contributed by atoms with Crippen LogP contribution in [-0.2, 0) is 0 Å². The third-order valence-electron chi connectivity index (χ3n) is 2.54. The number of fused-ring (bicyclic) bond motifs is 1. The van der Waals surface area contributed by atoms with E-state index in [1.54, 1.807) is 0 Å². The maximum absolute atomic E-state index is 11.6. The molecule has 0 spiro atoms. The number of anilines is 1. The lowest BCUT2D eigenvalue weighted by atomic mass is 10.2. The Morgan fingerprint density at radius 2 is 1.94 bits per heavy atom. The molecule has 3 aromatic rings. The molecule has 0 fully saturated rings. The molecule has 3 N–H and O–H groups in total. The molecule has 0 radical (unpaired) electrons. The first-order valence-electron chi connectivity index (χ1n) is 5.33. The van der Waals surface area contributed by atoms with Crippen molar-refractivity contribution in [3.05, 3.63) is 40.2 Å². The molecule has 0 aliphatic heterocycles. The molecule has 2 aromatic heterocycles. The van der Waals surface area contributed by atoms with Crippen molar-refractivity contribution in [1.82, 2.24) is 25.0 Å². The Labute approximate surface area is 101 Å². The molecule has 7 heteroatoms. The molecule has 0 unspecified atom stereocenters. The van der Waals surface area contributed by atoms with Gasteiger partial charge >= 0.3 is 0 Å². The first-order chi connectivity index (χ1) is 8.63. The van der Waals surface area contributed by atoms with Crippen molar-refractivity contribution >= 4 is 17.1 Å². The van der Waals surface area contributed by atoms with Gasteiger partial charge in [0.1, 0.15) is 0 Å². The van der Waals surface area contributed by atoms with Gasteiger partial charge in [0, 0.05) is 0 Å². The minimum absolute atomic E-state index is 0.0310. The summed E-state index contributed by atoms with van der Waals surface area (Å²) in [5.41, 5.74) is 7.36. The molecule has 0 saturated heterocycles. The van der Waals surface area contributed by atoms with Gasteiger partial charge in [0.15, 0.2) is 5.52 Å². The molecule has 2 heterocycles. The number of aromatic amines is 1. The zero-order chi connectivity index (χ0) is 12.7. The lowest BCUT2D eigenvalue weighted by Gasteiger charge is -1.98. The second-order valence-electron chi connectivity index (χ2n) is 3.95. The first-order valence-corrected chi connectivity index (χ1v) is 5.33. The molecule has 3 rings (SSSR count). The maximum atomic E-state index is 11.6. The van der Waals surface area contributed by atoms with E-state index in [4.69, 9.17) is 5.73 Å². The zero-order valence-corrected chi connectivity index (χ0v) is 9.58. The van der Waals surface area contributed by atoms with Crippen LogP contribution in [0, 0.1) is 6.92 Å². The molecule has 0 saturated carbocycles. The van der Waals surface area contributed by atoms with Gasteiger partial charge in [-0.2, -0.15) is 4.98 Å². The molecule has 0 amide bonds. The van der Waals surface area contributed by atoms with E-state index in [1.165, 1.54) is 4.80 Å². The van der Waals surface area contributed by atoms with Gasteiger partial charge in [-0.1, -0.05) is 17.7 Å². The summed E-state index contributed by atoms with van der Waals surface area (Å²) < 4.78 is 0. The van der Waals surface area contributed by atoms with Crippen LogP contribution in [0.5, 0.6) is 0 Å². The van der Waals surface area contributed by atoms with Crippen molar-refractivity contribution in [2.75, 3.05) is 5.73 Å². The molecule has 90 valence electrons. The van der Waals surface area contributed by atoms with Gasteiger partial charge in [-0.05, 0) is 19.1 Å². The van der Waals surface area contributed by atoms with E-state index in [9.17, 15) is 4.79 Å². The number of benzene rings is 1. The average Bonchev–Trinajstić information content (AvgIpc) is 2.74. The highest BCUT2D eigenvalue weighted by Crippen LogP contribution is 2.09. The van der Waals surface area contributed by atoms with Gasteiger partial charge < -0.3 is 5.73 Å². The normalized spacial score (nSPS) is 10.9. The SMILES string of the molecule is Cc1ccc(-n2nc3nc(N)[nH]c(=O)c3n2)cc1. The number of aryl methyl sites for hydroxylation is 1. The van der Waals surface area contributed by atoms with Gasteiger partial charge in [-0.3, -0.25) is 9.78 Å². The fourth-order valence-electron chi connectivity index (χ4n) is 1.63. The number of nitrogens with two attached hydrogens (primary N) is 1. The van der Waals surface area contributed by atoms with Gasteiger partial charge in [0.05, 0.1) is 5.69 Å². The molecule has 18 heavy (non-hydrogen) atoms. The number of rotatable bonds is 1. The standard InChI is InChI=1S/C11H10N6O/c1-6-2-4-7(5-3-6)17-15-8-9(16-17)13-11(12)14-10(8)18/h2-5H,1H3,(H3,12,13,14,16,18). The van der Waals surface area contributed by atoms with E-state index in [0.29, 0.717) is 0 Å². The number of hydrogen-bond acceptors (Lipinski definition) is 5. The summed E-state index contributed by atoms with van der Waals surface area (Å²) in [5, 5.41) is 8.23. The highest BCUT2D eigenvalue weighted by atomic mass is 16.1. The Balaban J connectivity index is 2.22. The molecule has 0 aliphatic rings. The van der Waals surface area contributed by atoms with E-state index in [2.05, 4.69) is 20.2 Å². The van der Waals surface area contributed by atoms with E-state index in [1.807, 2.05) is 31.2 Å². The van der Waals surface area contributed by atoms with Crippen LogP contribution in [0.2, 0.25) is 0 Å². The largest absolute Gasteiger partial charge is 0.369 e. The second-order valence-corrected chi connectivity index (χ2v) is 3.95. The quantitative estimate of drug-likeness (QED) is 0.642. The van der Waals surface area contributed by atoms with Crippen LogP contribution in [0.25, 0.3) is 16.9 Å². The Morgan fingerprint density at radius 1 is 1.22 bits per heavy atom. The second kappa shape index (κ2) is 3.66. The Hall–Kier alpha value is -2.70. The predicted octanol–water partition coefficient (Wildman–Crippen LogP) is 0.394. The third-order valence-corrected chi connectivity index (χ3v) is 2.54. The molecule has 1 aromatic carbocycles. The fourth-order valence-corrected chi connectivity index (χ4v) is 1.63. The minimum atomic E-state index is -0.393. The monoisotopic (exact) mass is 242 g/mol. The summed E-state index contributed by atoms with van der Waals surface area (Å²) in [6.45, 7) is 1.99. The zero-order valence-electron chi connectivity index (χ0n) is 9.58. The summed E-state index contributed by atoms with van der Waals surface area (Å²) in [6, 6.07) is 7.61. The number of H-pyrrole nitrogens is 1. The van der Waals surface area contributed by atoms with Crippen LogP contribution in [-0.4, -0.2) is 25.0 Å². The Bertz CT molecular complexity index is 770. The maximum Gasteiger partial charge on any atom is 0.282 e. The highest BCUT2D eigenvalue weighted by molar-refractivity contribution is 5.68. The van der Waals surface area contributed by atoms with Gasteiger partial charge in [-0.15, -0.1) is 15.0 Å². The third kappa shape index (κ3) is 1.61. The number of hydrogen-bond donors (Lipinski definition) is 2. The number of nitrogen functional groups attached to an aromatic ring is 1. The smallest absolute Gasteiger partial charge is 0.282 e. The summed E-state index contributed by atoms with van der Waals surface area (Å²) in [4.78, 5) is 19.3. The van der Waals surface area contributed by atoms with Gasteiger partial charge in [-0.25, -0.2) is 0 Å². The van der Waals surface area contributed by atoms with E-state index in [-0.39, 0.29) is 17.1 Å². The molecular weight excluding hydrogens is 232 g/mol. The van der Waals surface area contributed by atoms with Crippen molar-refractivity contribution in [2.24, 2.45) is 0 Å². The van der Waals surface area contributed by atoms with E-state index < -0.39 is 5.56 Å². The number of nitrogens with one attached hydrogen (secondary N) is 1. The summed E-state index contributed by atoms with van der Waals surface area (Å²) in [6.07, 6.45) is 0. The summed E-state index contributed by atoms with van der Waals surface area (Å²) >= 11 is 0. The molecule has 0 aliphatic carbocycles. The fraction of sp³-hybridized carbons (Fsp3) is 0.0909. The van der Waals surface area contributed by atoms with Crippen LogP contribution >= 0.6 is 0 Å². The van der Waals surface area contributed by atoms with Gasteiger partial charge in [0.25, 0.3) is 5.56 Å². The van der Waals surface area contributed by atoms with E-state index >= 15 is 0 Å². The van der Waals surface area contributed by atoms with Crippen molar-refractivity contribution in [3.8, 4) is 5.69 Å². The summed E-state index contributed by atoms with van der Waals surface area (Å²) in [7, 11) is 0. The first kappa shape index (κ1) is 10.5. The summed E-state index contributed by atoms with van der Waals surface area (Å²) in [5.74, 6) is 0.0310. The van der Waals surface area contributed by atoms with Crippen LogP contribution in [0.4, 0.5) is 5.95 Å². The molecule has 0 bridgehead atoms. The van der Waals surface area contributed by atoms with Crippen molar-refractivity contribution in [2.45, 2.75) is 6.92 Å². The topological polar surface area (TPSA) is 102 Å². The predicted molar refractivity (Wildman–Crippen MR) is 66.4 cm³/mol. The Kier molecular flexibility index (Phi) is 2.12. The van der Waals surface area contributed by atoms with Crippen LogP contribution in [0.3, 0.4) is 0 Å². The van der Waals surface area contributed by atoms with Crippen molar-refractivity contribution in [3.63, 3.8) is 0 Å². The average molecular weight is 242 g/mol. The van der Waals surface area contributed by atoms with Crippen molar-refractivity contribution in [1.29, 1.82) is 0 Å². The van der Waals surface area contributed by atoms with Crippen LogP contribution < -0.4 is 11.3 Å². The number of aromatic nitrogens is 5. The van der Waals surface area contributed by atoms with Gasteiger partial charge in [0.2, 0.25) is 11.6 Å². The number of nitrogens with zero attached hydrogens (tertiary/aromatic N) is 4. The van der Waals surface area contributed by atoms with Crippen molar-refractivity contribution < 1.29 is 0 Å². The van der Waals surface area contributed by atoms with Crippen LogP contribution in [0.15, 0.2) is 29.1 Å².